The Bertz CT molecular complexity index is 864. The van der Waals surface area contributed by atoms with Crippen molar-refractivity contribution in [2.24, 2.45) is 0 Å². The number of carbonyl (C=O) groups is 3. The summed E-state index contributed by atoms with van der Waals surface area (Å²) in [6.07, 6.45) is 1.34. The van der Waals surface area contributed by atoms with Crippen molar-refractivity contribution in [3.63, 3.8) is 0 Å². The molecule has 1 aromatic carbocycles. The highest BCUT2D eigenvalue weighted by Crippen LogP contribution is 2.24. The van der Waals surface area contributed by atoms with Gasteiger partial charge in [0.05, 0.1) is 24.5 Å². The molecule has 0 saturated carbocycles. The van der Waals surface area contributed by atoms with Crippen LogP contribution in [0.3, 0.4) is 0 Å². The van der Waals surface area contributed by atoms with Crippen molar-refractivity contribution in [1.29, 1.82) is 0 Å². The van der Waals surface area contributed by atoms with Crippen LogP contribution in [0.5, 0.6) is 0 Å². The van der Waals surface area contributed by atoms with Gasteiger partial charge in [-0.05, 0) is 19.8 Å². The first-order valence-corrected chi connectivity index (χ1v) is 11.8. The number of thioether (sulfide) groups is 1. The molecule has 0 spiro atoms. The average Bonchev–Trinajstić information content (AvgIpc) is 3.20. The normalized spacial score (nSPS) is 14.4. The summed E-state index contributed by atoms with van der Waals surface area (Å²) in [5, 5.41) is 4.89. The van der Waals surface area contributed by atoms with Crippen LogP contribution in [0.2, 0.25) is 0 Å². The summed E-state index contributed by atoms with van der Waals surface area (Å²) in [5.74, 6) is 0.304. The molecule has 1 fully saturated rings. The molecule has 7 nitrogen and oxygen atoms in total. The number of Topliss-reactive ketones (excluding diaryl/α,β-unsaturated/α-hetero) is 1. The van der Waals surface area contributed by atoms with Gasteiger partial charge in [-0.1, -0.05) is 42.1 Å². The number of hydrogen-bond acceptors (Lipinski definition) is 7. The van der Waals surface area contributed by atoms with Crippen LogP contribution in [-0.4, -0.2) is 59.2 Å². The number of piperidine rings is 1. The standard InChI is InChI=1S/C21H25N3O4S2/c1-2-28-21(27)24-10-8-16(9-11-24)22-19(26)12-17-13-29-20(23-17)30-14-18(25)15-6-4-3-5-7-15/h3-7,13,16H,2,8-12,14H2,1H3,(H,22,26). The lowest BCUT2D eigenvalue weighted by molar-refractivity contribution is -0.121. The van der Waals surface area contributed by atoms with Crippen molar-refractivity contribution in [3.05, 3.63) is 47.0 Å². The second-order valence-corrected chi connectivity index (χ2v) is 8.97. The van der Waals surface area contributed by atoms with Gasteiger partial charge in [0, 0.05) is 30.1 Å². The highest BCUT2D eigenvalue weighted by Gasteiger charge is 2.24. The smallest absolute Gasteiger partial charge is 0.409 e. The molecule has 2 amide bonds. The molecule has 0 radical (unpaired) electrons. The molecular formula is C21H25N3O4S2. The number of aromatic nitrogens is 1. The number of ether oxygens (including phenoxy) is 1. The second-order valence-electron chi connectivity index (χ2n) is 6.89. The molecule has 30 heavy (non-hydrogen) atoms. The third-order valence-corrected chi connectivity index (χ3v) is 6.75. The number of hydrogen-bond donors (Lipinski definition) is 1. The summed E-state index contributed by atoms with van der Waals surface area (Å²) in [5.41, 5.74) is 1.39. The molecule has 0 atom stereocenters. The Morgan fingerprint density at radius 1 is 1.23 bits per heavy atom. The van der Waals surface area contributed by atoms with E-state index < -0.39 is 0 Å². The number of amides is 2. The van der Waals surface area contributed by atoms with Gasteiger partial charge in [-0.2, -0.15) is 0 Å². The molecule has 160 valence electrons. The van der Waals surface area contributed by atoms with E-state index in [2.05, 4.69) is 10.3 Å². The first kappa shape index (κ1) is 22.3. The van der Waals surface area contributed by atoms with Crippen LogP contribution in [0.15, 0.2) is 40.1 Å². The molecule has 1 aliphatic rings. The number of likely N-dealkylation sites (tertiary alicyclic amines) is 1. The number of nitrogens with one attached hydrogen (secondary N) is 1. The van der Waals surface area contributed by atoms with E-state index in [4.69, 9.17) is 4.74 Å². The van der Waals surface area contributed by atoms with Crippen molar-refractivity contribution >= 4 is 40.9 Å². The van der Waals surface area contributed by atoms with Gasteiger partial charge in [0.25, 0.3) is 0 Å². The second kappa shape index (κ2) is 11.1. The lowest BCUT2D eigenvalue weighted by Gasteiger charge is -2.31. The molecule has 3 rings (SSSR count). The van der Waals surface area contributed by atoms with Gasteiger partial charge in [-0.3, -0.25) is 9.59 Å². The van der Waals surface area contributed by atoms with Gasteiger partial charge in [0.15, 0.2) is 10.1 Å². The Labute approximate surface area is 184 Å². The van der Waals surface area contributed by atoms with Crippen molar-refractivity contribution in [1.82, 2.24) is 15.2 Å². The molecule has 1 saturated heterocycles. The Kier molecular flexibility index (Phi) is 8.27. The quantitative estimate of drug-likeness (QED) is 0.493. The Balaban J connectivity index is 1.40. The van der Waals surface area contributed by atoms with Crippen molar-refractivity contribution in [2.45, 2.75) is 36.6 Å². The van der Waals surface area contributed by atoms with E-state index in [1.807, 2.05) is 23.6 Å². The maximum absolute atomic E-state index is 12.3. The fourth-order valence-electron chi connectivity index (χ4n) is 3.13. The predicted molar refractivity (Wildman–Crippen MR) is 117 cm³/mol. The lowest BCUT2D eigenvalue weighted by atomic mass is 10.1. The minimum Gasteiger partial charge on any atom is -0.450 e. The van der Waals surface area contributed by atoms with Gasteiger partial charge in [0.2, 0.25) is 5.91 Å². The summed E-state index contributed by atoms with van der Waals surface area (Å²) in [6.45, 7) is 3.31. The van der Waals surface area contributed by atoms with E-state index in [0.717, 1.165) is 4.34 Å². The molecule has 9 heteroatoms. The third-order valence-electron chi connectivity index (χ3n) is 4.68. The van der Waals surface area contributed by atoms with Crippen LogP contribution in [0.1, 0.15) is 35.8 Å². The fourth-order valence-corrected chi connectivity index (χ4v) is 4.87. The Morgan fingerprint density at radius 2 is 1.97 bits per heavy atom. The first-order valence-electron chi connectivity index (χ1n) is 9.91. The molecule has 1 N–H and O–H groups in total. The number of benzene rings is 1. The van der Waals surface area contributed by atoms with Crippen LogP contribution in [0.4, 0.5) is 4.79 Å². The summed E-state index contributed by atoms with van der Waals surface area (Å²) >= 11 is 2.84. The molecule has 0 aliphatic carbocycles. The zero-order valence-electron chi connectivity index (χ0n) is 16.8. The topological polar surface area (TPSA) is 88.6 Å². The van der Waals surface area contributed by atoms with E-state index in [-0.39, 0.29) is 30.2 Å². The van der Waals surface area contributed by atoms with E-state index in [0.29, 0.717) is 49.5 Å². The monoisotopic (exact) mass is 447 g/mol. The zero-order valence-corrected chi connectivity index (χ0v) is 18.5. The fraction of sp³-hybridized carbons (Fsp3) is 0.429. The summed E-state index contributed by atoms with van der Waals surface area (Å²) < 4.78 is 5.79. The molecule has 2 aromatic rings. The van der Waals surface area contributed by atoms with E-state index in [1.54, 1.807) is 24.0 Å². The van der Waals surface area contributed by atoms with Gasteiger partial charge in [0.1, 0.15) is 0 Å². The van der Waals surface area contributed by atoms with Gasteiger partial charge >= 0.3 is 6.09 Å². The van der Waals surface area contributed by atoms with E-state index in [1.165, 1.54) is 23.1 Å². The van der Waals surface area contributed by atoms with Crippen LogP contribution in [0, 0.1) is 0 Å². The molecule has 1 aromatic heterocycles. The highest BCUT2D eigenvalue weighted by molar-refractivity contribution is 8.01. The first-order chi connectivity index (χ1) is 14.5. The highest BCUT2D eigenvalue weighted by atomic mass is 32.2. The van der Waals surface area contributed by atoms with Crippen LogP contribution < -0.4 is 5.32 Å². The molecule has 2 heterocycles. The van der Waals surface area contributed by atoms with Crippen LogP contribution >= 0.6 is 23.1 Å². The van der Waals surface area contributed by atoms with Gasteiger partial charge in [-0.15, -0.1) is 11.3 Å². The van der Waals surface area contributed by atoms with Crippen molar-refractivity contribution in [2.75, 3.05) is 25.4 Å². The summed E-state index contributed by atoms with van der Waals surface area (Å²) in [7, 11) is 0. The van der Waals surface area contributed by atoms with Gasteiger partial charge in [-0.25, -0.2) is 9.78 Å². The number of ketones is 1. The molecule has 0 unspecified atom stereocenters. The largest absolute Gasteiger partial charge is 0.450 e. The summed E-state index contributed by atoms with van der Waals surface area (Å²) in [6, 6.07) is 9.23. The number of carbonyl (C=O) groups excluding carboxylic acids is 3. The van der Waals surface area contributed by atoms with Crippen molar-refractivity contribution < 1.29 is 19.1 Å². The van der Waals surface area contributed by atoms with E-state index >= 15 is 0 Å². The van der Waals surface area contributed by atoms with Crippen LogP contribution in [-0.2, 0) is 16.0 Å². The van der Waals surface area contributed by atoms with Gasteiger partial charge < -0.3 is 15.0 Å². The minimum atomic E-state index is -0.291. The minimum absolute atomic E-state index is 0.0548. The average molecular weight is 448 g/mol. The Morgan fingerprint density at radius 3 is 2.67 bits per heavy atom. The maximum Gasteiger partial charge on any atom is 0.409 e. The van der Waals surface area contributed by atoms with Crippen molar-refractivity contribution in [3.8, 4) is 0 Å². The number of thiazole rings is 1. The molecule has 1 aliphatic heterocycles. The predicted octanol–water partition coefficient (Wildman–Crippen LogP) is 3.40. The molecular weight excluding hydrogens is 422 g/mol. The SMILES string of the molecule is CCOC(=O)N1CCC(NC(=O)Cc2csc(SCC(=O)c3ccccc3)n2)CC1. The van der Waals surface area contributed by atoms with Crippen LogP contribution in [0.25, 0.3) is 0 Å². The maximum atomic E-state index is 12.3. The zero-order chi connectivity index (χ0) is 21.3. The summed E-state index contributed by atoms with van der Waals surface area (Å²) in [4.78, 5) is 42.4. The molecule has 0 bridgehead atoms. The number of rotatable bonds is 8. The number of nitrogens with zero attached hydrogens (tertiary/aromatic N) is 2. The Hall–Kier alpha value is -2.39. The third kappa shape index (κ3) is 6.56. The van der Waals surface area contributed by atoms with E-state index in [9.17, 15) is 14.4 Å². The lowest BCUT2D eigenvalue weighted by Crippen LogP contribution is -2.47.